The highest BCUT2D eigenvalue weighted by Crippen LogP contribution is 2.36. The van der Waals surface area contributed by atoms with Gasteiger partial charge in [-0.1, -0.05) is 30.3 Å². The number of aryl methyl sites for hydroxylation is 1. The predicted molar refractivity (Wildman–Crippen MR) is 74.9 cm³/mol. The lowest BCUT2D eigenvalue weighted by atomic mass is 9.76. The number of benzene rings is 1. The Morgan fingerprint density at radius 1 is 1.26 bits per heavy atom. The summed E-state index contributed by atoms with van der Waals surface area (Å²) >= 11 is 0. The molecule has 19 heavy (non-hydrogen) atoms. The molecule has 100 valence electrons. The third-order valence-corrected chi connectivity index (χ3v) is 4.00. The SMILES string of the molecule is Cn1cnnc1CCNC1CC(c2ccccc2)C1. The summed E-state index contributed by atoms with van der Waals surface area (Å²) in [5.74, 6) is 1.79. The molecule has 3 rings (SSSR count). The van der Waals surface area contributed by atoms with E-state index in [4.69, 9.17) is 0 Å². The Morgan fingerprint density at radius 3 is 2.74 bits per heavy atom. The van der Waals surface area contributed by atoms with Crippen molar-refractivity contribution in [1.82, 2.24) is 20.1 Å². The van der Waals surface area contributed by atoms with Crippen molar-refractivity contribution in [2.45, 2.75) is 31.2 Å². The van der Waals surface area contributed by atoms with Gasteiger partial charge in [0.2, 0.25) is 0 Å². The van der Waals surface area contributed by atoms with Gasteiger partial charge in [0.15, 0.2) is 0 Å². The standard InChI is InChI=1S/C15H20N4/c1-19-11-17-18-15(19)7-8-16-14-9-13(10-14)12-5-3-2-4-6-12/h2-6,11,13-14,16H,7-10H2,1H3. The van der Waals surface area contributed by atoms with Crippen LogP contribution in [0.15, 0.2) is 36.7 Å². The summed E-state index contributed by atoms with van der Waals surface area (Å²) in [5.41, 5.74) is 1.48. The molecule has 0 bridgehead atoms. The van der Waals surface area contributed by atoms with Gasteiger partial charge in [0.1, 0.15) is 12.2 Å². The van der Waals surface area contributed by atoms with Crippen LogP contribution >= 0.6 is 0 Å². The van der Waals surface area contributed by atoms with Gasteiger partial charge in [-0.05, 0) is 24.3 Å². The second-order valence-corrected chi connectivity index (χ2v) is 5.34. The van der Waals surface area contributed by atoms with Crippen molar-refractivity contribution in [3.63, 3.8) is 0 Å². The Morgan fingerprint density at radius 2 is 2.05 bits per heavy atom. The average molecular weight is 256 g/mol. The van der Waals surface area contributed by atoms with E-state index in [0.29, 0.717) is 6.04 Å². The fraction of sp³-hybridized carbons (Fsp3) is 0.467. The van der Waals surface area contributed by atoms with Gasteiger partial charge in [-0.25, -0.2) is 0 Å². The van der Waals surface area contributed by atoms with Gasteiger partial charge >= 0.3 is 0 Å². The van der Waals surface area contributed by atoms with E-state index in [0.717, 1.165) is 24.7 Å². The van der Waals surface area contributed by atoms with E-state index in [1.165, 1.54) is 18.4 Å². The molecule has 1 heterocycles. The molecular formula is C15H20N4. The highest BCUT2D eigenvalue weighted by atomic mass is 15.2. The summed E-state index contributed by atoms with van der Waals surface area (Å²) in [6.07, 6.45) is 5.21. The molecule has 1 aromatic heterocycles. The maximum atomic E-state index is 4.09. The van der Waals surface area contributed by atoms with E-state index in [1.807, 2.05) is 11.6 Å². The Labute approximate surface area is 113 Å². The number of hydrogen-bond donors (Lipinski definition) is 1. The molecule has 0 spiro atoms. The van der Waals surface area contributed by atoms with Gasteiger partial charge < -0.3 is 9.88 Å². The summed E-state index contributed by atoms with van der Waals surface area (Å²) in [5, 5.41) is 11.6. The molecule has 0 saturated heterocycles. The summed E-state index contributed by atoms with van der Waals surface area (Å²) in [4.78, 5) is 0. The maximum Gasteiger partial charge on any atom is 0.133 e. The first-order valence-electron chi connectivity index (χ1n) is 6.94. The summed E-state index contributed by atoms with van der Waals surface area (Å²) < 4.78 is 1.98. The van der Waals surface area contributed by atoms with Crippen molar-refractivity contribution >= 4 is 0 Å². The molecule has 2 aromatic rings. The molecule has 1 aliphatic carbocycles. The van der Waals surface area contributed by atoms with Crippen LogP contribution in [0.4, 0.5) is 0 Å². The van der Waals surface area contributed by atoms with E-state index in [2.05, 4.69) is 45.8 Å². The third kappa shape index (κ3) is 2.84. The smallest absolute Gasteiger partial charge is 0.133 e. The number of hydrogen-bond acceptors (Lipinski definition) is 3. The van der Waals surface area contributed by atoms with Crippen LogP contribution in [0.2, 0.25) is 0 Å². The van der Waals surface area contributed by atoms with Gasteiger partial charge in [0.25, 0.3) is 0 Å². The predicted octanol–water partition coefficient (Wildman–Crippen LogP) is 1.89. The second kappa shape index (κ2) is 5.53. The lowest BCUT2D eigenvalue weighted by Crippen LogP contribution is -2.41. The molecule has 4 nitrogen and oxygen atoms in total. The topological polar surface area (TPSA) is 42.7 Å². The molecule has 1 fully saturated rings. The van der Waals surface area contributed by atoms with Crippen molar-refractivity contribution in [3.05, 3.63) is 48.0 Å². The van der Waals surface area contributed by atoms with Gasteiger partial charge in [0.05, 0.1) is 0 Å². The first-order chi connectivity index (χ1) is 9.33. The molecule has 0 unspecified atom stereocenters. The molecule has 0 atom stereocenters. The normalized spacial score (nSPS) is 22.2. The summed E-state index contributed by atoms with van der Waals surface area (Å²) in [6.45, 7) is 0.985. The van der Waals surface area contributed by atoms with Crippen LogP contribution in [-0.4, -0.2) is 27.4 Å². The fourth-order valence-electron chi connectivity index (χ4n) is 2.70. The van der Waals surface area contributed by atoms with Crippen molar-refractivity contribution in [2.24, 2.45) is 7.05 Å². The largest absolute Gasteiger partial charge is 0.321 e. The van der Waals surface area contributed by atoms with Crippen LogP contribution in [0, 0.1) is 0 Å². The van der Waals surface area contributed by atoms with Crippen LogP contribution in [0.3, 0.4) is 0 Å². The molecule has 0 radical (unpaired) electrons. The lowest BCUT2D eigenvalue weighted by Gasteiger charge is -2.36. The third-order valence-electron chi connectivity index (χ3n) is 4.00. The van der Waals surface area contributed by atoms with Gasteiger partial charge in [-0.3, -0.25) is 0 Å². The van der Waals surface area contributed by atoms with E-state index in [-0.39, 0.29) is 0 Å². The highest BCUT2D eigenvalue weighted by Gasteiger charge is 2.29. The van der Waals surface area contributed by atoms with Crippen LogP contribution in [0.1, 0.15) is 30.1 Å². The van der Waals surface area contributed by atoms with Gasteiger partial charge in [-0.15, -0.1) is 10.2 Å². The number of nitrogens with one attached hydrogen (secondary N) is 1. The van der Waals surface area contributed by atoms with Crippen molar-refractivity contribution in [1.29, 1.82) is 0 Å². The molecule has 0 aliphatic heterocycles. The molecule has 1 N–H and O–H groups in total. The van der Waals surface area contributed by atoms with Gasteiger partial charge in [-0.2, -0.15) is 0 Å². The lowest BCUT2D eigenvalue weighted by molar-refractivity contribution is 0.292. The summed E-state index contributed by atoms with van der Waals surface area (Å²) in [7, 11) is 1.99. The molecule has 0 amide bonds. The van der Waals surface area contributed by atoms with Crippen molar-refractivity contribution < 1.29 is 0 Å². The van der Waals surface area contributed by atoms with E-state index in [1.54, 1.807) is 6.33 Å². The monoisotopic (exact) mass is 256 g/mol. The molecule has 1 aromatic carbocycles. The number of nitrogens with zero attached hydrogens (tertiary/aromatic N) is 3. The zero-order valence-electron chi connectivity index (χ0n) is 11.3. The first-order valence-corrected chi connectivity index (χ1v) is 6.94. The molecular weight excluding hydrogens is 236 g/mol. The quantitative estimate of drug-likeness (QED) is 0.888. The number of aromatic nitrogens is 3. The van der Waals surface area contributed by atoms with E-state index < -0.39 is 0 Å². The van der Waals surface area contributed by atoms with Crippen LogP contribution in [0.25, 0.3) is 0 Å². The Bertz CT molecular complexity index is 514. The number of rotatable bonds is 5. The highest BCUT2D eigenvalue weighted by molar-refractivity contribution is 5.22. The minimum Gasteiger partial charge on any atom is -0.321 e. The van der Waals surface area contributed by atoms with Crippen molar-refractivity contribution in [3.8, 4) is 0 Å². The molecule has 4 heteroatoms. The first kappa shape index (κ1) is 12.4. The minimum absolute atomic E-state index is 0.665. The fourth-order valence-corrected chi connectivity index (χ4v) is 2.70. The maximum absolute atomic E-state index is 4.09. The molecule has 1 saturated carbocycles. The van der Waals surface area contributed by atoms with E-state index >= 15 is 0 Å². The Balaban J connectivity index is 1.39. The second-order valence-electron chi connectivity index (χ2n) is 5.34. The molecule has 1 aliphatic rings. The Kier molecular flexibility index (Phi) is 3.60. The van der Waals surface area contributed by atoms with E-state index in [9.17, 15) is 0 Å². The van der Waals surface area contributed by atoms with Gasteiger partial charge in [0, 0.05) is 26.1 Å². The van der Waals surface area contributed by atoms with Crippen LogP contribution < -0.4 is 5.32 Å². The zero-order valence-corrected chi connectivity index (χ0v) is 11.3. The summed E-state index contributed by atoms with van der Waals surface area (Å²) in [6, 6.07) is 11.5. The minimum atomic E-state index is 0.665. The van der Waals surface area contributed by atoms with Crippen molar-refractivity contribution in [2.75, 3.05) is 6.54 Å². The van der Waals surface area contributed by atoms with Crippen LogP contribution in [-0.2, 0) is 13.5 Å². The average Bonchev–Trinajstić information content (AvgIpc) is 2.79. The van der Waals surface area contributed by atoms with Crippen LogP contribution in [0.5, 0.6) is 0 Å². The Hall–Kier alpha value is -1.68. The zero-order chi connectivity index (χ0) is 13.1.